The van der Waals surface area contributed by atoms with Crippen LogP contribution in [0.2, 0.25) is 0 Å². The first-order valence-electron chi connectivity index (χ1n) is 3.01. The minimum atomic E-state index is 0.840. The maximum absolute atomic E-state index is 8.07. The van der Waals surface area contributed by atoms with Gasteiger partial charge in [-0.2, -0.15) is 0 Å². The molecule has 3 nitrogen and oxygen atoms in total. The Labute approximate surface area is 65.7 Å². The second-order valence-electron chi connectivity index (χ2n) is 1.53. The van der Waals surface area contributed by atoms with E-state index in [1.165, 1.54) is 6.21 Å². The van der Waals surface area contributed by atoms with E-state index >= 15 is 0 Å². The van der Waals surface area contributed by atoms with Crippen LogP contribution in [0, 0.1) is 0 Å². The summed E-state index contributed by atoms with van der Waals surface area (Å²) in [6.45, 7) is 6.00. The lowest BCUT2D eigenvalue weighted by Gasteiger charge is -1.84. The summed E-state index contributed by atoms with van der Waals surface area (Å²) in [7, 11) is 0. The van der Waals surface area contributed by atoms with E-state index in [-0.39, 0.29) is 0 Å². The highest BCUT2D eigenvalue weighted by Crippen LogP contribution is 1.89. The van der Waals surface area contributed by atoms with Crippen LogP contribution in [0.5, 0.6) is 0 Å². The van der Waals surface area contributed by atoms with Crippen LogP contribution in [0.3, 0.4) is 0 Å². The molecule has 1 aromatic rings. The average Bonchev–Trinajstić information content (AvgIpc) is 2.11. The molecule has 1 N–H and O–H groups in total. The van der Waals surface area contributed by atoms with Crippen molar-refractivity contribution in [2.75, 3.05) is 0 Å². The van der Waals surface area contributed by atoms with Gasteiger partial charge < -0.3 is 5.21 Å². The third-order valence-electron chi connectivity index (χ3n) is 0.913. The third-order valence-corrected chi connectivity index (χ3v) is 0.913. The Balaban J connectivity index is 0.000000461. The molecule has 0 saturated carbocycles. The van der Waals surface area contributed by atoms with Crippen molar-refractivity contribution >= 4 is 6.21 Å². The maximum atomic E-state index is 8.07. The van der Waals surface area contributed by atoms with E-state index in [0.717, 1.165) is 5.56 Å². The van der Waals surface area contributed by atoms with Crippen molar-refractivity contribution < 1.29 is 5.21 Å². The number of rotatable bonds is 1. The molecule has 0 aliphatic carbocycles. The second-order valence-corrected chi connectivity index (χ2v) is 1.53. The Morgan fingerprint density at radius 3 is 2.36 bits per heavy atom. The van der Waals surface area contributed by atoms with Crippen molar-refractivity contribution in [1.29, 1.82) is 0 Å². The lowest BCUT2D eigenvalue weighted by atomic mass is 10.3. The highest BCUT2D eigenvalue weighted by molar-refractivity contribution is 5.78. The fourth-order valence-electron chi connectivity index (χ4n) is 0.516. The highest BCUT2D eigenvalue weighted by atomic mass is 16.4. The summed E-state index contributed by atoms with van der Waals surface area (Å²) in [6, 6.07) is 3.50. The van der Waals surface area contributed by atoms with Gasteiger partial charge in [0, 0.05) is 12.4 Å². The first-order valence-corrected chi connectivity index (χ1v) is 3.01. The van der Waals surface area contributed by atoms with Gasteiger partial charge in [0.15, 0.2) is 0 Å². The molecule has 0 bridgehead atoms. The Morgan fingerprint density at radius 1 is 1.36 bits per heavy atom. The summed E-state index contributed by atoms with van der Waals surface area (Å²) in [5.41, 5.74) is 0.840. The van der Waals surface area contributed by atoms with Gasteiger partial charge in [-0.1, -0.05) is 5.16 Å². The van der Waals surface area contributed by atoms with E-state index in [4.69, 9.17) is 5.21 Å². The molecule has 0 atom stereocenters. The normalized spacial score (nSPS) is 8.73. The molecule has 0 aliphatic rings. The van der Waals surface area contributed by atoms with Crippen LogP contribution in [0.25, 0.3) is 0 Å². The fraction of sp³-hybridized carbons (Fsp3) is 0. The molecule has 0 saturated heterocycles. The molecular formula is C8H10N2O. The van der Waals surface area contributed by atoms with Gasteiger partial charge in [-0.15, -0.1) is 13.2 Å². The lowest BCUT2D eigenvalue weighted by Crippen LogP contribution is -1.78. The largest absolute Gasteiger partial charge is 0.411 e. The molecule has 1 rings (SSSR count). The predicted molar refractivity (Wildman–Crippen MR) is 44.9 cm³/mol. The van der Waals surface area contributed by atoms with E-state index < -0.39 is 0 Å². The van der Waals surface area contributed by atoms with Crippen LogP contribution < -0.4 is 0 Å². The van der Waals surface area contributed by atoms with E-state index in [9.17, 15) is 0 Å². The molecule has 58 valence electrons. The quantitative estimate of drug-likeness (QED) is 0.286. The van der Waals surface area contributed by atoms with Crippen LogP contribution in [-0.2, 0) is 0 Å². The zero-order valence-corrected chi connectivity index (χ0v) is 6.14. The lowest BCUT2D eigenvalue weighted by molar-refractivity contribution is 0.322. The van der Waals surface area contributed by atoms with Crippen LogP contribution in [0.4, 0.5) is 0 Å². The van der Waals surface area contributed by atoms with Crippen molar-refractivity contribution in [1.82, 2.24) is 4.98 Å². The monoisotopic (exact) mass is 150 g/mol. The third kappa shape index (κ3) is 3.86. The average molecular weight is 150 g/mol. The highest BCUT2D eigenvalue weighted by Gasteiger charge is 1.80. The number of hydrogen-bond donors (Lipinski definition) is 1. The van der Waals surface area contributed by atoms with Crippen LogP contribution in [-0.4, -0.2) is 16.4 Å². The Kier molecular flexibility index (Phi) is 5.51. The Morgan fingerprint density at radius 2 is 1.91 bits per heavy atom. The Bertz CT molecular complexity index is 209. The van der Waals surface area contributed by atoms with Crippen LogP contribution >= 0.6 is 0 Å². The van der Waals surface area contributed by atoms with Gasteiger partial charge in [-0.05, 0) is 17.7 Å². The van der Waals surface area contributed by atoms with Gasteiger partial charge in [0.25, 0.3) is 0 Å². The van der Waals surface area contributed by atoms with Gasteiger partial charge in [0.1, 0.15) is 0 Å². The summed E-state index contributed by atoms with van der Waals surface area (Å²) in [5, 5.41) is 10.9. The fourth-order valence-corrected chi connectivity index (χ4v) is 0.516. The minimum absolute atomic E-state index is 0.840. The topological polar surface area (TPSA) is 45.5 Å². The number of aromatic nitrogens is 1. The predicted octanol–water partition coefficient (Wildman–Crippen LogP) is 1.69. The molecule has 0 aromatic carbocycles. The van der Waals surface area contributed by atoms with Gasteiger partial charge in [0.2, 0.25) is 0 Å². The summed E-state index contributed by atoms with van der Waals surface area (Å²) < 4.78 is 0. The zero-order chi connectivity index (χ0) is 8.53. The molecule has 0 spiro atoms. The second kappa shape index (κ2) is 6.48. The number of pyridine rings is 1. The molecule has 11 heavy (non-hydrogen) atoms. The molecule has 1 heterocycles. The van der Waals surface area contributed by atoms with Gasteiger partial charge in [0.05, 0.1) is 6.21 Å². The van der Waals surface area contributed by atoms with E-state index in [0.29, 0.717) is 0 Å². The minimum Gasteiger partial charge on any atom is -0.411 e. The molecule has 0 radical (unpaired) electrons. The smallest absolute Gasteiger partial charge is 0.0734 e. The molecule has 0 amide bonds. The van der Waals surface area contributed by atoms with Crippen LogP contribution in [0.1, 0.15) is 5.56 Å². The summed E-state index contributed by atoms with van der Waals surface area (Å²) in [6.07, 6.45) is 4.62. The standard InChI is InChI=1S/C6H6N2O.C2H4/c9-8-5-6-1-3-7-4-2-6;1-2/h1-5,9H;1-2H2/b8-5+;. The van der Waals surface area contributed by atoms with Gasteiger partial charge in [-0.25, -0.2) is 0 Å². The zero-order valence-electron chi connectivity index (χ0n) is 6.14. The maximum Gasteiger partial charge on any atom is 0.0734 e. The first kappa shape index (κ1) is 9.36. The molecule has 3 heteroatoms. The number of hydrogen-bond acceptors (Lipinski definition) is 3. The van der Waals surface area contributed by atoms with Crippen molar-refractivity contribution in [3.05, 3.63) is 43.2 Å². The molecule has 1 aromatic heterocycles. The summed E-state index contributed by atoms with van der Waals surface area (Å²) in [5.74, 6) is 0. The van der Waals surface area contributed by atoms with Crippen LogP contribution in [0.15, 0.2) is 42.8 Å². The molecule has 0 aliphatic heterocycles. The molecular weight excluding hydrogens is 140 g/mol. The van der Waals surface area contributed by atoms with Crippen molar-refractivity contribution in [3.8, 4) is 0 Å². The Hall–Kier alpha value is -1.64. The van der Waals surface area contributed by atoms with Crippen molar-refractivity contribution in [3.63, 3.8) is 0 Å². The van der Waals surface area contributed by atoms with Crippen molar-refractivity contribution in [2.24, 2.45) is 5.16 Å². The SMILES string of the molecule is C=C.O/N=C/c1ccncc1. The van der Waals surface area contributed by atoms with E-state index in [1.807, 2.05) is 0 Å². The molecule has 0 unspecified atom stereocenters. The molecule has 0 fully saturated rings. The van der Waals surface area contributed by atoms with E-state index in [2.05, 4.69) is 23.3 Å². The van der Waals surface area contributed by atoms with Gasteiger partial charge in [-0.3, -0.25) is 4.98 Å². The number of oxime groups is 1. The summed E-state index contributed by atoms with van der Waals surface area (Å²) >= 11 is 0. The van der Waals surface area contributed by atoms with Crippen molar-refractivity contribution in [2.45, 2.75) is 0 Å². The van der Waals surface area contributed by atoms with Gasteiger partial charge >= 0.3 is 0 Å². The number of nitrogens with zero attached hydrogens (tertiary/aromatic N) is 2. The van der Waals surface area contributed by atoms with E-state index in [1.54, 1.807) is 24.5 Å². The first-order chi connectivity index (χ1) is 5.43. The summed E-state index contributed by atoms with van der Waals surface area (Å²) in [4.78, 5) is 3.78.